The zero-order valence-electron chi connectivity index (χ0n) is 13.4. The normalized spacial score (nSPS) is 11.2. The van der Waals surface area contributed by atoms with Crippen LogP contribution < -0.4 is 13.8 Å². The number of methoxy groups -OCH3 is 2. The molecule has 0 spiro atoms. The molecule has 0 unspecified atom stereocenters. The van der Waals surface area contributed by atoms with Gasteiger partial charge in [-0.3, -0.25) is 4.31 Å². The molecule has 2 aromatic rings. The van der Waals surface area contributed by atoms with Gasteiger partial charge in [0.05, 0.1) is 24.9 Å². The standard InChI is InChI=1S/C16H17Cl2NO4S/c1-4-19(14-10-12(22-2)6-8-15(14)23-3)24(20,21)16-9-11(17)5-7-13(16)18/h5-10H,4H2,1-3H3. The lowest BCUT2D eigenvalue weighted by Crippen LogP contribution is -2.31. The molecule has 130 valence electrons. The summed E-state index contributed by atoms with van der Waals surface area (Å²) in [6, 6.07) is 9.24. The Hall–Kier alpha value is -1.63. The summed E-state index contributed by atoms with van der Waals surface area (Å²) in [6.45, 7) is 1.89. The van der Waals surface area contributed by atoms with Gasteiger partial charge in [0.15, 0.2) is 0 Å². The third-order valence-corrected chi connectivity index (χ3v) is 6.01. The summed E-state index contributed by atoms with van der Waals surface area (Å²) in [6.07, 6.45) is 0. The number of hydrogen-bond donors (Lipinski definition) is 0. The Morgan fingerprint density at radius 3 is 2.33 bits per heavy atom. The smallest absolute Gasteiger partial charge is 0.265 e. The van der Waals surface area contributed by atoms with Gasteiger partial charge in [-0.25, -0.2) is 8.42 Å². The van der Waals surface area contributed by atoms with Gasteiger partial charge in [0.1, 0.15) is 16.4 Å². The number of ether oxygens (including phenoxy) is 2. The maximum absolute atomic E-state index is 13.1. The van der Waals surface area contributed by atoms with Gasteiger partial charge in [-0.1, -0.05) is 23.2 Å². The molecule has 0 heterocycles. The molecule has 0 atom stereocenters. The molecule has 8 heteroatoms. The van der Waals surface area contributed by atoms with Crippen molar-refractivity contribution < 1.29 is 17.9 Å². The lowest BCUT2D eigenvalue weighted by atomic mass is 10.2. The lowest BCUT2D eigenvalue weighted by Gasteiger charge is -2.25. The first-order valence-electron chi connectivity index (χ1n) is 7.05. The highest BCUT2D eigenvalue weighted by Gasteiger charge is 2.28. The maximum atomic E-state index is 13.1. The van der Waals surface area contributed by atoms with Crippen molar-refractivity contribution in [1.82, 2.24) is 0 Å². The van der Waals surface area contributed by atoms with E-state index in [1.165, 1.54) is 36.7 Å². The van der Waals surface area contributed by atoms with Crippen molar-refractivity contribution in [1.29, 1.82) is 0 Å². The number of nitrogens with zero attached hydrogens (tertiary/aromatic N) is 1. The third-order valence-electron chi connectivity index (χ3n) is 3.40. The molecule has 0 saturated carbocycles. The van der Waals surface area contributed by atoms with Gasteiger partial charge < -0.3 is 9.47 Å². The average Bonchev–Trinajstić information content (AvgIpc) is 2.57. The number of halogens is 2. The second kappa shape index (κ2) is 7.51. The first kappa shape index (κ1) is 18.7. The first-order valence-corrected chi connectivity index (χ1v) is 9.24. The van der Waals surface area contributed by atoms with Crippen LogP contribution in [0.15, 0.2) is 41.3 Å². The average molecular weight is 390 g/mol. The van der Waals surface area contributed by atoms with E-state index in [-0.39, 0.29) is 21.5 Å². The fraction of sp³-hybridized carbons (Fsp3) is 0.250. The van der Waals surface area contributed by atoms with E-state index in [1.807, 2.05) is 0 Å². The fourth-order valence-corrected chi connectivity index (χ4v) is 4.47. The van der Waals surface area contributed by atoms with Crippen molar-refractivity contribution in [2.45, 2.75) is 11.8 Å². The summed E-state index contributed by atoms with van der Waals surface area (Å²) in [4.78, 5) is -0.0663. The largest absolute Gasteiger partial charge is 0.497 e. The van der Waals surface area contributed by atoms with Gasteiger partial charge in [-0.2, -0.15) is 0 Å². The second-order valence-corrected chi connectivity index (χ2v) is 7.46. The van der Waals surface area contributed by atoms with Gasteiger partial charge in [0.25, 0.3) is 10.0 Å². The van der Waals surface area contributed by atoms with Crippen LogP contribution in [0.25, 0.3) is 0 Å². The van der Waals surface area contributed by atoms with Crippen LogP contribution in [0.3, 0.4) is 0 Å². The van der Waals surface area contributed by atoms with Crippen LogP contribution in [-0.4, -0.2) is 29.2 Å². The molecule has 24 heavy (non-hydrogen) atoms. The predicted molar refractivity (Wildman–Crippen MR) is 96.2 cm³/mol. The highest BCUT2D eigenvalue weighted by Crippen LogP contribution is 2.37. The van der Waals surface area contributed by atoms with Gasteiger partial charge in [-0.15, -0.1) is 0 Å². The summed E-state index contributed by atoms with van der Waals surface area (Å²) in [5.74, 6) is 0.913. The predicted octanol–water partition coefficient (Wildman–Crippen LogP) is 4.23. The summed E-state index contributed by atoms with van der Waals surface area (Å²) in [5, 5.41) is 0.381. The van der Waals surface area contributed by atoms with Crippen molar-refractivity contribution in [2.75, 3.05) is 25.1 Å². The number of benzene rings is 2. The Balaban J connectivity index is 2.65. The van der Waals surface area contributed by atoms with Gasteiger partial charge in [0, 0.05) is 17.6 Å². The summed E-state index contributed by atoms with van der Waals surface area (Å²) < 4.78 is 37.9. The van der Waals surface area contributed by atoms with E-state index < -0.39 is 10.0 Å². The Morgan fingerprint density at radius 2 is 1.75 bits per heavy atom. The molecule has 0 saturated heterocycles. The minimum Gasteiger partial charge on any atom is -0.497 e. The maximum Gasteiger partial charge on any atom is 0.265 e. The minimum absolute atomic E-state index is 0.0663. The third kappa shape index (κ3) is 3.55. The van der Waals surface area contributed by atoms with Crippen molar-refractivity contribution in [3.63, 3.8) is 0 Å². The van der Waals surface area contributed by atoms with Crippen LogP contribution in [0.1, 0.15) is 6.92 Å². The highest BCUT2D eigenvalue weighted by atomic mass is 35.5. The topological polar surface area (TPSA) is 55.8 Å². The molecule has 0 amide bonds. The lowest BCUT2D eigenvalue weighted by molar-refractivity contribution is 0.404. The van der Waals surface area contributed by atoms with Crippen LogP contribution in [0.4, 0.5) is 5.69 Å². The van der Waals surface area contributed by atoms with E-state index >= 15 is 0 Å². The Kier molecular flexibility index (Phi) is 5.85. The van der Waals surface area contributed by atoms with E-state index in [0.29, 0.717) is 17.2 Å². The molecular weight excluding hydrogens is 373 g/mol. The quantitative estimate of drug-likeness (QED) is 0.741. The summed E-state index contributed by atoms with van der Waals surface area (Å²) in [5.41, 5.74) is 0.357. The molecule has 0 fully saturated rings. The van der Waals surface area contributed by atoms with E-state index in [9.17, 15) is 8.42 Å². The molecular formula is C16H17Cl2NO4S. The van der Waals surface area contributed by atoms with Crippen LogP contribution in [0.5, 0.6) is 11.5 Å². The fourth-order valence-electron chi connectivity index (χ4n) is 2.26. The van der Waals surface area contributed by atoms with Crippen molar-refractivity contribution in [3.05, 3.63) is 46.4 Å². The molecule has 5 nitrogen and oxygen atoms in total. The number of sulfonamides is 1. The van der Waals surface area contributed by atoms with Gasteiger partial charge in [-0.05, 0) is 37.3 Å². The Bertz CT molecular complexity index is 840. The summed E-state index contributed by atoms with van der Waals surface area (Å²) >= 11 is 12.0. The van der Waals surface area contributed by atoms with Gasteiger partial charge in [0.2, 0.25) is 0 Å². The molecule has 0 aliphatic carbocycles. The number of hydrogen-bond acceptors (Lipinski definition) is 4. The molecule has 0 N–H and O–H groups in total. The Morgan fingerprint density at radius 1 is 1.04 bits per heavy atom. The molecule has 0 radical (unpaired) electrons. The monoisotopic (exact) mass is 389 g/mol. The van der Waals surface area contributed by atoms with E-state index in [2.05, 4.69) is 0 Å². The number of rotatable bonds is 6. The zero-order chi connectivity index (χ0) is 17.9. The molecule has 0 aliphatic heterocycles. The van der Waals surface area contributed by atoms with Crippen LogP contribution in [-0.2, 0) is 10.0 Å². The first-order chi connectivity index (χ1) is 11.3. The molecule has 0 bridgehead atoms. The molecule has 0 aromatic heterocycles. The zero-order valence-corrected chi connectivity index (χ0v) is 15.7. The Labute approximate surface area is 151 Å². The van der Waals surface area contributed by atoms with Crippen molar-refractivity contribution in [3.8, 4) is 11.5 Å². The highest BCUT2D eigenvalue weighted by molar-refractivity contribution is 7.93. The van der Waals surface area contributed by atoms with E-state index in [0.717, 1.165) is 0 Å². The van der Waals surface area contributed by atoms with Gasteiger partial charge >= 0.3 is 0 Å². The molecule has 2 aromatic carbocycles. The van der Waals surface area contributed by atoms with Crippen molar-refractivity contribution in [2.24, 2.45) is 0 Å². The SMILES string of the molecule is CCN(c1cc(OC)ccc1OC)S(=O)(=O)c1cc(Cl)ccc1Cl. The van der Waals surface area contributed by atoms with E-state index in [1.54, 1.807) is 25.1 Å². The number of anilines is 1. The molecule has 0 aliphatic rings. The van der Waals surface area contributed by atoms with Crippen molar-refractivity contribution >= 4 is 38.9 Å². The summed E-state index contributed by atoms with van der Waals surface area (Å²) in [7, 11) is -0.959. The van der Waals surface area contributed by atoms with Crippen LogP contribution in [0, 0.1) is 0 Å². The second-order valence-electron chi connectivity index (χ2n) is 4.78. The van der Waals surface area contributed by atoms with Crippen LogP contribution >= 0.6 is 23.2 Å². The van der Waals surface area contributed by atoms with Crippen LogP contribution in [0.2, 0.25) is 10.0 Å². The minimum atomic E-state index is -3.93. The van der Waals surface area contributed by atoms with E-state index in [4.69, 9.17) is 32.7 Å². The molecule has 2 rings (SSSR count).